The Morgan fingerprint density at radius 2 is 1.04 bits per heavy atom. The molecule has 10 aromatic rings. The van der Waals surface area contributed by atoms with Gasteiger partial charge in [-0.25, -0.2) is 0 Å². The van der Waals surface area contributed by atoms with Crippen LogP contribution in [0.15, 0.2) is 205 Å². The summed E-state index contributed by atoms with van der Waals surface area (Å²) in [6.07, 6.45) is 0. The highest BCUT2D eigenvalue weighted by Crippen LogP contribution is 2.65. The first-order valence-electron chi connectivity index (χ1n) is 19.0. The summed E-state index contributed by atoms with van der Waals surface area (Å²) in [5.74, 6) is 0. The molecule has 0 radical (unpaired) electrons. The van der Waals surface area contributed by atoms with Gasteiger partial charge < -0.3 is 9.32 Å². The molecule has 1 aromatic heterocycles. The molecule has 1 atom stereocenters. The number of hydrogen-bond donors (Lipinski definition) is 0. The van der Waals surface area contributed by atoms with Crippen molar-refractivity contribution in [3.05, 3.63) is 222 Å². The van der Waals surface area contributed by atoms with Gasteiger partial charge in [0, 0.05) is 33.4 Å². The third kappa shape index (κ3) is 4.19. The summed E-state index contributed by atoms with van der Waals surface area (Å²) >= 11 is 0. The molecule has 0 amide bonds. The quantitative estimate of drug-likeness (QED) is 0.182. The van der Waals surface area contributed by atoms with Crippen LogP contribution in [0.25, 0.3) is 66.1 Å². The second kappa shape index (κ2) is 11.4. The van der Waals surface area contributed by atoms with Gasteiger partial charge in [-0.1, -0.05) is 152 Å². The number of nitrogens with zero attached hydrogens (tertiary/aromatic N) is 1. The first kappa shape index (κ1) is 30.3. The molecule has 1 heterocycles. The Balaban J connectivity index is 1.18. The molecule has 12 rings (SSSR count). The average Bonchev–Trinajstić information content (AvgIpc) is 3.88. The van der Waals surface area contributed by atoms with Crippen LogP contribution >= 0.6 is 0 Å². The van der Waals surface area contributed by atoms with E-state index in [-0.39, 0.29) is 0 Å². The van der Waals surface area contributed by atoms with Crippen LogP contribution in [-0.2, 0) is 5.41 Å². The van der Waals surface area contributed by atoms with Crippen LogP contribution in [0.4, 0.5) is 17.1 Å². The Labute approximate surface area is 319 Å². The van der Waals surface area contributed by atoms with Crippen molar-refractivity contribution >= 4 is 49.8 Å². The maximum atomic E-state index is 6.83. The summed E-state index contributed by atoms with van der Waals surface area (Å²) in [7, 11) is 0. The number of furan rings is 1. The van der Waals surface area contributed by atoms with Crippen molar-refractivity contribution in [3.8, 4) is 33.4 Å². The third-order valence-corrected chi connectivity index (χ3v) is 12.0. The Kier molecular flexibility index (Phi) is 6.29. The fraction of sp³-hybridized carbons (Fsp3) is 0.0189. The lowest BCUT2D eigenvalue weighted by Gasteiger charge is -2.32. The molecule has 2 heteroatoms. The number of fused-ring (bicyclic) bond motifs is 15. The van der Waals surface area contributed by atoms with Crippen LogP contribution in [0.3, 0.4) is 0 Å². The van der Waals surface area contributed by atoms with Crippen molar-refractivity contribution in [2.75, 3.05) is 4.90 Å². The van der Waals surface area contributed by atoms with E-state index in [0.717, 1.165) is 39.0 Å². The second-order valence-corrected chi connectivity index (χ2v) is 14.8. The topological polar surface area (TPSA) is 16.4 Å². The van der Waals surface area contributed by atoms with Gasteiger partial charge in [0.1, 0.15) is 11.2 Å². The standard InChI is InChI=1S/C53H33NO/c1-3-13-34(14-4-1)37-24-27-41-42-28-26-40(54(38-17-5-2-6-18-38)39-25-23-35-15-7-8-16-36(35)31-39)33-49(42)53(48(41)32-37)46-21-11-9-20-45(46)51-47(53)30-29-44-43-19-10-12-22-50(43)55-52(44)51/h1-33H. The predicted octanol–water partition coefficient (Wildman–Crippen LogP) is 14.2. The summed E-state index contributed by atoms with van der Waals surface area (Å²) in [4.78, 5) is 2.41. The molecule has 55 heavy (non-hydrogen) atoms. The normalized spacial score (nSPS) is 15.0. The highest BCUT2D eigenvalue weighted by molar-refractivity contribution is 6.13. The summed E-state index contributed by atoms with van der Waals surface area (Å²) in [6.45, 7) is 0. The van der Waals surface area contributed by atoms with E-state index in [9.17, 15) is 0 Å². The molecule has 0 bridgehead atoms. The molecule has 256 valence electrons. The minimum absolute atomic E-state index is 0.573. The minimum Gasteiger partial charge on any atom is -0.455 e. The Morgan fingerprint density at radius 1 is 0.364 bits per heavy atom. The van der Waals surface area contributed by atoms with Gasteiger partial charge in [-0.2, -0.15) is 0 Å². The van der Waals surface area contributed by atoms with E-state index in [1.807, 2.05) is 0 Å². The molecule has 2 aliphatic carbocycles. The first-order valence-corrected chi connectivity index (χ1v) is 19.0. The predicted molar refractivity (Wildman–Crippen MR) is 228 cm³/mol. The van der Waals surface area contributed by atoms with E-state index >= 15 is 0 Å². The van der Waals surface area contributed by atoms with E-state index in [2.05, 4.69) is 205 Å². The molecule has 2 aliphatic rings. The van der Waals surface area contributed by atoms with Crippen molar-refractivity contribution < 1.29 is 4.42 Å². The van der Waals surface area contributed by atoms with E-state index in [4.69, 9.17) is 4.42 Å². The van der Waals surface area contributed by atoms with Gasteiger partial charge in [-0.05, 0) is 109 Å². The maximum absolute atomic E-state index is 6.83. The number of rotatable bonds is 4. The number of para-hydroxylation sites is 2. The molecule has 2 nitrogen and oxygen atoms in total. The summed E-state index contributed by atoms with van der Waals surface area (Å²) in [5.41, 5.74) is 17.2. The summed E-state index contributed by atoms with van der Waals surface area (Å²) in [5, 5.41) is 4.74. The fourth-order valence-electron chi connectivity index (χ4n) is 9.72. The molecule has 0 saturated carbocycles. The lowest BCUT2D eigenvalue weighted by Crippen LogP contribution is -2.26. The average molecular weight is 700 g/mol. The molecule has 0 fully saturated rings. The second-order valence-electron chi connectivity index (χ2n) is 14.8. The van der Waals surface area contributed by atoms with Crippen LogP contribution in [0.1, 0.15) is 22.3 Å². The van der Waals surface area contributed by atoms with Gasteiger partial charge in [0.05, 0.1) is 5.41 Å². The van der Waals surface area contributed by atoms with Crippen LogP contribution in [0, 0.1) is 0 Å². The number of benzene rings is 9. The SMILES string of the molecule is c1ccc(-c2ccc3c(c2)C2(c4cc(N(c5ccccc5)c5ccc6ccccc6c5)ccc4-3)c3ccccc3-c3c2ccc2c3oc3ccccc32)cc1. The lowest BCUT2D eigenvalue weighted by molar-refractivity contribution is 0.669. The van der Waals surface area contributed by atoms with Crippen molar-refractivity contribution in [1.29, 1.82) is 0 Å². The van der Waals surface area contributed by atoms with Gasteiger partial charge >= 0.3 is 0 Å². The highest BCUT2D eigenvalue weighted by atomic mass is 16.3. The van der Waals surface area contributed by atoms with Crippen molar-refractivity contribution in [2.24, 2.45) is 0 Å². The van der Waals surface area contributed by atoms with Gasteiger partial charge in [0.2, 0.25) is 0 Å². The van der Waals surface area contributed by atoms with Crippen molar-refractivity contribution in [3.63, 3.8) is 0 Å². The highest BCUT2D eigenvalue weighted by Gasteiger charge is 2.53. The largest absolute Gasteiger partial charge is 0.455 e. The fourth-order valence-corrected chi connectivity index (χ4v) is 9.72. The summed E-state index contributed by atoms with van der Waals surface area (Å²) < 4.78 is 6.83. The zero-order chi connectivity index (χ0) is 36.1. The van der Waals surface area contributed by atoms with Gasteiger partial charge in [0.25, 0.3) is 0 Å². The van der Waals surface area contributed by atoms with Crippen LogP contribution in [0.5, 0.6) is 0 Å². The lowest BCUT2D eigenvalue weighted by atomic mass is 9.70. The molecule has 1 spiro atoms. The molecule has 0 aliphatic heterocycles. The molecular weight excluding hydrogens is 667 g/mol. The Morgan fingerprint density at radius 3 is 1.91 bits per heavy atom. The smallest absolute Gasteiger partial charge is 0.143 e. The molecule has 0 N–H and O–H groups in total. The zero-order valence-electron chi connectivity index (χ0n) is 29.9. The zero-order valence-corrected chi connectivity index (χ0v) is 29.9. The molecule has 9 aromatic carbocycles. The number of anilines is 3. The third-order valence-electron chi connectivity index (χ3n) is 12.0. The van der Waals surface area contributed by atoms with Gasteiger partial charge in [-0.15, -0.1) is 0 Å². The monoisotopic (exact) mass is 699 g/mol. The van der Waals surface area contributed by atoms with Crippen LogP contribution in [0.2, 0.25) is 0 Å². The maximum Gasteiger partial charge on any atom is 0.143 e. The van der Waals surface area contributed by atoms with Crippen LogP contribution < -0.4 is 4.90 Å². The molecular formula is C53H33NO. The molecule has 0 saturated heterocycles. The van der Waals surface area contributed by atoms with Crippen molar-refractivity contribution in [2.45, 2.75) is 5.41 Å². The van der Waals surface area contributed by atoms with E-state index in [1.165, 1.54) is 66.4 Å². The van der Waals surface area contributed by atoms with Gasteiger partial charge in [0.15, 0.2) is 0 Å². The minimum atomic E-state index is -0.573. The van der Waals surface area contributed by atoms with Crippen molar-refractivity contribution in [1.82, 2.24) is 0 Å². The summed E-state index contributed by atoms with van der Waals surface area (Å²) in [6, 6.07) is 73.3. The Hall–Kier alpha value is -7.16. The van der Waals surface area contributed by atoms with Crippen LogP contribution in [-0.4, -0.2) is 0 Å². The van der Waals surface area contributed by atoms with Gasteiger partial charge in [-0.3, -0.25) is 0 Å². The number of hydrogen-bond acceptors (Lipinski definition) is 2. The molecule has 1 unspecified atom stereocenters. The first-order chi connectivity index (χ1) is 27.3. The van der Waals surface area contributed by atoms with E-state index < -0.39 is 5.41 Å². The van der Waals surface area contributed by atoms with E-state index in [0.29, 0.717) is 0 Å². The van der Waals surface area contributed by atoms with E-state index in [1.54, 1.807) is 0 Å². The Bertz CT molecular complexity index is 3160.